The first-order valence-corrected chi connectivity index (χ1v) is 8.51. The van der Waals surface area contributed by atoms with Crippen molar-refractivity contribution in [2.24, 2.45) is 0 Å². The Morgan fingerprint density at radius 1 is 1.16 bits per heavy atom. The summed E-state index contributed by atoms with van der Waals surface area (Å²) in [6.45, 7) is 7.74. The zero-order valence-corrected chi connectivity index (χ0v) is 15.6. The number of para-hydroxylation sites is 1. The molecule has 6 nitrogen and oxygen atoms in total. The first kappa shape index (κ1) is 18.9. The van der Waals surface area contributed by atoms with E-state index in [4.69, 9.17) is 0 Å². The molecule has 2 rings (SSSR count). The number of hydrogen-bond donors (Lipinski definition) is 2. The van der Waals surface area contributed by atoms with Crippen LogP contribution >= 0.6 is 0 Å². The van der Waals surface area contributed by atoms with E-state index < -0.39 is 0 Å². The van der Waals surface area contributed by atoms with Crippen molar-refractivity contribution in [1.82, 2.24) is 20.4 Å². The highest BCUT2D eigenvalue weighted by Crippen LogP contribution is 2.29. The molecule has 0 aliphatic carbocycles. The van der Waals surface area contributed by atoms with Crippen molar-refractivity contribution in [2.75, 3.05) is 32.5 Å². The third-order valence-electron chi connectivity index (χ3n) is 3.92. The van der Waals surface area contributed by atoms with Gasteiger partial charge in [-0.3, -0.25) is 4.79 Å². The average molecular weight is 341 g/mol. The molecule has 1 aromatic heterocycles. The Hall–Kier alpha value is -2.47. The van der Waals surface area contributed by atoms with Crippen LogP contribution in [0.3, 0.4) is 0 Å². The molecule has 0 spiro atoms. The normalized spacial score (nSPS) is 11.0. The van der Waals surface area contributed by atoms with Crippen molar-refractivity contribution in [2.45, 2.75) is 26.7 Å². The number of nitrogens with zero attached hydrogens (tertiary/aromatic N) is 3. The highest BCUT2D eigenvalue weighted by molar-refractivity contribution is 5.92. The van der Waals surface area contributed by atoms with E-state index in [1.54, 1.807) is 12.1 Å². The van der Waals surface area contributed by atoms with Gasteiger partial charge in [0.05, 0.1) is 0 Å². The number of aromatic nitrogens is 2. The third-order valence-corrected chi connectivity index (χ3v) is 3.92. The Labute approximate surface area is 149 Å². The monoisotopic (exact) mass is 341 g/mol. The van der Waals surface area contributed by atoms with E-state index in [1.165, 1.54) is 5.56 Å². The van der Waals surface area contributed by atoms with E-state index in [0.717, 1.165) is 17.8 Å². The molecule has 0 unspecified atom stereocenters. The summed E-state index contributed by atoms with van der Waals surface area (Å²) in [5, 5.41) is 14.3. The van der Waals surface area contributed by atoms with Crippen molar-refractivity contribution in [3.63, 3.8) is 0 Å². The van der Waals surface area contributed by atoms with Gasteiger partial charge >= 0.3 is 0 Å². The lowest BCUT2D eigenvalue weighted by Gasteiger charge is -2.16. The van der Waals surface area contributed by atoms with Crippen LogP contribution in [-0.4, -0.2) is 48.2 Å². The topological polar surface area (TPSA) is 70.2 Å². The smallest absolute Gasteiger partial charge is 0.271 e. The van der Waals surface area contributed by atoms with E-state index in [2.05, 4.69) is 59.8 Å². The van der Waals surface area contributed by atoms with Crippen molar-refractivity contribution >= 4 is 17.4 Å². The van der Waals surface area contributed by atoms with Gasteiger partial charge in [-0.15, -0.1) is 10.2 Å². The zero-order chi connectivity index (χ0) is 18.4. The van der Waals surface area contributed by atoms with Crippen molar-refractivity contribution in [1.29, 1.82) is 0 Å². The maximum atomic E-state index is 12.0. The SMILES string of the molecule is Cc1cccc(C(C)C)c1Nc1ccc(C(=O)NCCN(C)C)nn1. The molecule has 0 fully saturated rings. The first-order chi connectivity index (χ1) is 11.9. The minimum atomic E-state index is -0.209. The van der Waals surface area contributed by atoms with E-state index in [9.17, 15) is 4.79 Å². The molecule has 6 heteroatoms. The standard InChI is InChI=1S/C19H27N5O/c1-13(2)15-8-6-7-14(3)18(15)21-17-10-9-16(22-23-17)19(25)20-11-12-24(4)5/h6-10,13H,11-12H2,1-5H3,(H,20,25)(H,21,23). The molecule has 0 saturated heterocycles. The number of aryl methyl sites for hydroxylation is 1. The predicted octanol–water partition coefficient (Wildman–Crippen LogP) is 2.94. The number of hydrogen-bond acceptors (Lipinski definition) is 5. The van der Waals surface area contributed by atoms with Crippen molar-refractivity contribution in [3.05, 3.63) is 47.2 Å². The van der Waals surface area contributed by atoms with Crippen molar-refractivity contribution < 1.29 is 4.79 Å². The molecule has 25 heavy (non-hydrogen) atoms. The van der Waals surface area contributed by atoms with Crippen molar-refractivity contribution in [3.8, 4) is 0 Å². The Morgan fingerprint density at radius 2 is 1.92 bits per heavy atom. The number of anilines is 2. The maximum Gasteiger partial charge on any atom is 0.271 e. The highest BCUT2D eigenvalue weighted by atomic mass is 16.1. The Balaban J connectivity index is 2.07. The number of likely N-dealkylation sites (N-methyl/N-ethyl adjacent to an activating group) is 1. The number of nitrogens with one attached hydrogen (secondary N) is 2. The van der Waals surface area contributed by atoms with E-state index in [-0.39, 0.29) is 5.91 Å². The molecule has 2 N–H and O–H groups in total. The number of rotatable bonds is 7. The molecule has 1 aromatic carbocycles. The molecule has 0 aliphatic heterocycles. The summed E-state index contributed by atoms with van der Waals surface area (Å²) in [6, 6.07) is 9.70. The van der Waals surface area contributed by atoms with Gasteiger partial charge in [0.2, 0.25) is 0 Å². The highest BCUT2D eigenvalue weighted by Gasteiger charge is 2.11. The van der Waals surface area contributed by atoms with Crippen LogP contribution < -0.4 is 10.6 Å². The molecule has 1 amide bonds. The zero-order valence-electron chi connectivity index (χ0n) is 15.6. The minimum absolute atomic E-state index is 0.209. The molecule has 0 saturated carbocycles. The van der Waals surface area contributed by atoms with Gasteiger partial charge in [-0.2, -0.15) is 0 Å². The lowest BCUT2D eigenvalue weighted by Crippen LogP contribution is -2.31. The van der Waals surface area contributed by atoms with E-state index in [0.29, 0.717) is 24.0 Å². The molecule has 134 valence electrons. The van der Waals surface area contributed by atoms with Gasteiger partial charge in [0.25, 0.3) is 5.91 Å². The fraction of sp³-hybridized carbons (Fsp3) is 0.421. The van der Waals surface area contributed by atoms with Crippen LogP contribution in [0, 0.1) is 6.92 Å². The molecule has 0 radical (unpaired) electrons. The third kappa shape index (κ3) is 5.26. The number of benzene rings is 1. The molecule has 0 atom stereocenters. The number of amides is 1. The van der Waals surface area contributed by atoms with Crippen LogP contribution in [0.2, 0.25) is 0 Å². The summed E-state index contributed by atoms with van der Waals surface area (Å²) >= 11 is 0. The van der Waals surface area contributed by atoms with E-state index in [1.807, 2.05) is 19.0 Å². The molecule has 2 aromatic rings. The Bertz CT molecular complexity index is 710. The van der Waals surface area contributed by atoms with Crippen LogP contribution in [0.1, 0.15) is 41.4 Å². The van der Waals surface area contributed by atoms with Crippen LogP contribution in [0.4, 0.5) is 11.5 Å². The lowest BCUT2D eigenvalue weighted by atomic mass is 9.98. The molecule has 1 heterocycles. The Kier molecular flexibility index (Phi) is 6.47. The van der Waals surface area contributed by atoms with Gasteiger partial charge in [-0.05, 0) is 50.2 Å². The summed E-state index contributed by atoms with van der Waals surface area (Å²) in [4.78, 5) is 14.0. The first-order valence-electron chi connectivity index (χ1n) is 8.51. The predicted molar refractivity (Wildman–Crippen MR) is 101 cm³/mol. The average Bonchev–Trinajstić information content (AvgIpc) is 2.56. The summed E-state index contributed by atoms with van der Waals surface area (Å²) in [5.74, 6) is 0.817. The van der Waals surface area contributed by atoms with Gasteiger partial charge in [-0.1, -0.05) is 32.0 Å². The molecule has 0 aliphatic rings. The fourth-order valence-electron chi connectivity index (χ4n) is 2.47. The molecular formula is C19H27N5O. The van der Waals surface area contributed by atoms with Gasteiger partial charge in [0, 0.05) is 18.8 Å². The lowest BCUT2D eigenvalue weighted by molar-refractivity contribution is 0.0945. The van der Waals surface area contributed by atoms with Crippen LogP contribution in [0.15, 0.2) is 30.3 Å². The van der Waals surface area contributed by atoms with Gasteiger partial charge < -0.3 is 15.5 Å². The van der Waals surface area contributed by atoms with Crippen LogP contribution in [-0.2, 0) is 0 Å². The largest absolute Gasteiger partial charge is 0.349 e. The second-order valence-electron chi connectivity index (χ2n) is 6.68. The van der Waals surface area contributed by atoms with Crippen LogP contribution in [0.5, 0.6) is 0 Å². The second kappa shape index (κ2) is 8.58. The van der Waals surface area contributed by atoms with Gasteiger partial charge in [0.1, 0.15) is 0 Å². The summed E-state index contributed by atoms with van der Waals surface area (Å²) < 4.78 is 0. The summed E-state index contributed by atoms with van der Waals surface area (Å²) in [7, 11) is 3.92. The molecule has 0 bridgehead atoms. The molecular weight excluding hydrogens is 314 g/mol. The number of carbonyl (C=O) groups is 1. The van der Waals surface area contributed by atoms with E-state index >= 15 is 0 Å². The van der Waals surface area contributed by atoms with Crippen LogP contribution in [0.25, 0.3) is 0 Å². The summed E-state index contributed by atoms with van der Waals surface area (Å²) in [5.41, 5.74) is 3.75. The van der Waals surface area contributed by atoms with Gasteiger partial charge in [0.15, 0.2) is 11.5 Å². The summed E-state index contributed by atoms with van der Waals surface area (Å²) in [6.07, 6.45) is 0. The minimum Gasteiger partial charge on any atom is -0.349 e. The maximum absolute atomic E-state index is 12.0. The van der Waals surface area contributed by atoms with Gasteiger partial charge in [-0.25, -0.2) is 0 Å². The fourth-order valence-corrected chi connectivity index (χ4v) is 2.47. The second-order valence-corrected chi connectivity index (χ2v) is 6.68. The quantitative estimate of drug-likeness (QED) is 0.810. The number of carbonyl (C=O) groups excluding carboxylic acids is 1. The Morgan fingerprint density at radius 3 is 2.52 bits per heavy atom.